The molecule has 3 N–H and O–H groups in total. The van der Waals surface area contributed by atoms with Gasteiger partial charge in [0.15, 0.2) is 0 Å². The second kappa shape index (κ2) is 9.71. The molecule has 0 spiro atoms. The molecule has 0 bridgehead atoms. The summed E-state index contributed by atoms with van der Waals surface area (Å²) >= 11 is 0. The highest BCUT2D eigenvalue weighted by atomic mass is 19.1. The Hall–Kier alpha value is -2.93. The molecule has 0 aliphatic carbocycles. The molecule has 7 heteroatoms. The fraction of sp³-hybridized carbons (Fsp3) is 0.391. The standard InChI is InChI=1S/C23H28FN3O3/c1-16(2)26-22(29)27-20-6-4-3-5-19(20)21(28)25-15-23(11-13-30-14-12-23)17-7-9-18(24)10-8-17/h3-10,16H,11-15H2,1-2H3,(H,25,28)(H2,26,27,29). The van der Waals surface area contributed by atoms with Gasteiger partial charge in [-0.1, -0.05) is 24.3 Å². The maximum absolute atomic E-state index is 13.4. The van der Waals surface area contributed by atoms with E-state index in [1.54, 1.807) is 36.4 Å². The number of halogens is 1. The number of rotatable bonds is 6. The lowest BCUT2D eigenvalue weighted by Gasteiger charge is -2.38. The molecule has 0 aromatic heterocycles. The van der Waals surface area contributed by atoms with Gasteiger partial charge in [0.2, 0.25) is 0 Å². The number of nitrogens with one attached hydrogen (secondary N) is 3. The van der Waals surface area contributed by atoms with Gasteiger partial charge in [-0.15, -0.1) is 0 Å². The molecular weight excluding hydrogens is 385 g/mol. The molecule has 0 unspecified atom stereocenters. The lowest BCUT2D eigenvalue weighted by atomic mass is 9.74. The number of urea groups is 1. The lowest BCUT2D eigenvalue weighted by Crippen LogP contribution is -2.44. The van der Waals surface area contributed by atoms with Gasteiger partial charge in [0.25, 0.3) is 5.91 Å². The summed E-state index contributed by atoms with van der Waals surface area (Å²) in [7, 11) is 0. The molecule has 0 atom stereocenters. The topological polar surface area (TPSA) is 79.5 Å². The first-order chi connectivity index (χ1) is 14.4. The third-order valence-electron chi connectivity index (χ3n) is 5.33. The highest BCUT2D eigenvalue weighted by Crippen LogP contribution is 2.34. The molecule has 1 aliphatic heterocycles. The number of anilines is 1. The van der Waals surface area contributed by atoms with Crippen molar-refractivity contribution in [2.45, 2.75) is 38.1 Å². The van der Waals surface area contributed by atoms with Crippen molar-refractivity contribution in [1.29, 1.82) is 0 Å². The first-order valence-electron chi connectivity index (χ1n) is 10.2. The highest BCUT2D eigenvalue weighted by Gasteiger charge is 2.35. The van der Waals surface area contributed by atoms with Gasteiger partial charge in [-0.05, 0) is 56.5 Å². The van der Waals surface area contributed by atoms with E-state index in [1.165, 1.54) is 12.1 Å². The van der Waals surface area contributed by atoms with Crippen LogP contribution in [0.1, 0.15) is 42.6 Å². The number of amides is 3. The molecule has 3 amide bonds. The van der Waals surface area contributed by atoms with Crippen molar-refractivity contribution in [2.75, 3.05) is 25.1 Å². The van der Waals surface area contributed by atoms with Crippen molar-refractivity contribution in [3.05, 3.63) is 65.5 Å². The number of para-hydroxylation sites is 1. The number of carbonyl (C=O) groups is 2. The van der Waals surface area contributed by atoms with Crippen LogP contribution in [0.15, 0.2) is 48.5 Å². The van der Waals surface area contributed by atoms with Crippen LogP contribution in [-0.2, 0) is 10.2 Å². The normalized spacial score (nSPS) is 15.5. The third kappa shape index (κ3) is 5.36. The summed E-state index contributed by atoms with van der Waals surface area (Å²) in [5.74, 6) is -0.562. The van der Waals surface area contributed by atoms with Gasteiger partial charge >= 0.3 is 6.03 Å². The van der Waals surface area contributed by atoms with Gasteiger partial charge in [0, 0.05) is 31.2 Å². The van der Waals surface area contributed by atoms with Crippen molar-refractivity contribution in [1.82, 2.24) is 10.6 Å². The van der Waals surface area contributed by atoms with E-state index in [0.717, 1.165) is 18.4 Å². The minimum Gasteiger partial charge on any atom is -0.381 e. The molecule has 1 aliphatic rings. The molecule has 1 saturated heterocycles. The number of hydrogen-bond donors (Lipinski definition) is 3. The summed E-state index contributed by atoms with van der Waals surface area (Å²) < 4.78 is 18.9. The predicted octanol–water partition coefficient (Wildman–Crippen LogP) is 3.83. The minimum absolute atomic E-state index is 0.0184. The molecule has 6 nitrogen and oxygen atoms in total. The molecule has 1 heterocycles. The molecule has 1 fully saturated rings. The van der Waals surface area contributed by atoms with E-state index in [4.69, 9.17) is 4.74 Å². The first-order valence-corrected chi connectivity index (χ1v) is 10.2. The zero-order valence-electron chi connectivity index (χ0n) is 17.3. The van der Waals surface area contributed by atoms with Crippen LogP contribution in [0.4, 0.5) is 14.9 Å². The fourth-order valence-electron chi connectivity index (χ4n) is 3.69. The zero-order chi connectivity index (χ0) is 21.6. The van der Waals surface area contributed by atoms with Gasteiger partial charge in [0.05, 0.1) is 11.3 Å². The molecule has 0 saturated carbocycles. The first kappa shape index (κ1) is 21.8. The van der Waals surface area contributed by atoms with Gasteiger partial charge in [-0.3, -0.25) is 4.79 Å². The Kier molecular flexibility index (Phi) is 7.05. The van der Waals surface area contributed by atoms with E-state index >= 15 is 0 Å². The van der Waals surface area contributed by atoms with E-state index in [0.29, 0.717) is 31.0 Å². The van der Waals surface area contributed by atoms with Crippen LogP contribution in [0.2, 0.25) is 0 Å². The molecule has 2 aromatic rings. The zero-order valence-corrected chi connectivity index (χ0v) is 17.3. The SMILES string of the molecule is CC(C)NC(=O)Nc1ccccc1C(=O)NCC1(c2ccc(F)cc2)CCOCC1. The minimum atomic E-state index is -0.363. The van der Waals surface area contributed by atoms with E-state index in [-0.39, 0.29) is 29.2 Å². The molecule has 30 heavy (non-hydrogen) atoms. The van der Waals surface area contributed by atoms with Crippen LogP contribution in [-0.4, -0.2) is 37.7 Å². The van der Waals surface area contributed by atoms with E-state index < -0.39 is 0 Å². The summed E-state index contributed by atoms with van der Waals surface area (Å²) in [4.78, 5) is 25.0. The molecular formula is C23H28FN3O3. The summed E-state index contributed by atoms with van der Waals surface area (Å²) in [5, 5.41) is 8.50. The highest BCUT2D eigenvalue weighted by molar-refractivity contribution is 6.03. The second-order valence-electron chi connectivity index (χ2n) is 7.88. The summed E-state index contributed by atoms with van der Waals surface area (Å²) in [6.45, 7) is 5.29. The Morgan fingerprint density at radius 1 is 1.07 bits per heavy atom. The Morgan fingerprint density at radius 2 is 1.73 bits per heavy atom. The van der Waals surface area contributed by atoms with Gasteiger partial charge in [-0.25, -0.2) is 9.18 Å². The largest absolute Gasteiger partial charge is 0.381 e. The average molecular weight is 413 g/mol. The number of carbonyl (C=O) groups excluding carboxylic acids is 2. The van der Waals surface area contributed by atoms with Crippen molar-refractivity contribution >= 4 is 17.6 Å². The maximum atomic E-state index is 13.4. The lowest BCUT2D eigenvalue weighted by molar-refractivity contribution is 0.0487. The van der Waals surface area contributed by atoms with Crippen LogP contribution in [0.3, 0.4) is 0 Å². The fourth-order valence-corrected chi connectivity index (χ4v) is 3.69. The van der Waals surface area contributed by atoms with Crippen molar-refractivity contribution in [3.8, 4) is 0 Å². The quantitative estimate of drug-likeness (QED) is 0.673. The summed E-state index contributed by atoms with van der Waals surface area (Å²) in [6.07, 6.45) is 1.46. The number of benzene rings is 2. The monoisotopic (exact) mass is 413 g/mol. The van der Waals surface area contributed by atoms with Crippen LogP contribution < -0.4 is 16.0 Å². The smallest absolute Gasteiger partial charge is 0.319 e. The van der Waals surface area contributed by atoms with Crippen LogP contribution >= 0.6 is 0 Å². The van der Waals surface area contributed by atoms with Gasteiger partial charge < -0.3 is 20.7 Å². The van der Waals surface area contributed by atoms with Crippen molar-refractivity contribution < 1.29 is 18.7 Å². The van der Waals surface area contributed by atoms with Gasteiger partial charge in [-0.2, -0.15) is 0 Å². The van der Waals surface area contributed by atoms with Crippen molar-refractivity contribution in [3.63, 3.8) is 0 Å². The molecule has 2 aromatic carbocycles. The molecule has 0 radical (unpaired) electrons. The van der Waals surface area contributed by atoms with Crippen molar-refractivity contribution in [2.24, 2.45) is 0 Å². The van der Waals surface area contributed by atoms with E-state index in [2.05, 4.69) is 16.0 Å². The third-order valence-corrected chi connectivity index (χ3v) is 5.33. The Morgan fingerprint density at radius 3 is 2.40 bits per heavy atom. The maximum Gasteiger partial charge on any atom is 0.319 e. The van der Waals surface area contributed by atoms with E-state index in [9.17, 15) is 14.0 Å². The van der Waals surface area contributed by atoms with Crippen LogP contribution in [0, 0.1) is 5.82 Å². The van der Waals surface area contributed by atoms with Gasteiger partial charge in [0.1, 0.15) is 5.82 Å². The predicted molar refractivity (Wildman–Crippen MR) is 114 cm³/mol. The number of hydrogen-bond acceptors (Lipinski definition) is 3. The van der Waals surface area contributed by atoms with E-state index in [1.807, 2.05) is 13.8 Å². The average Bonchev–Trinajstić information content (AvgIpc) is 2.73. The summed E-state index contributed by atoms with van der Waals surface area (Å²) in [5.41, 5.74) is 1.49. The summed E-state index contributed by atoms with van der Waals surface area (Å²) in [6, 6.07) is 12.9. The van der Waals surface area contributed by atoms with Crippen LogP contribution in [0.25, 0.3) is 0 Å². The second-order valence-corrected chi connectivity index (χ2v) is 7.88. The Labute approximate surface area is 176 Å². The van der Waals surface area contributed by atoms with Crippen LogP contribution in [0.5, 0.6) is 0 Å². The number of ether oxygens (including phenoxy) is 1. The molecule has 3 rings (SSSR count). The Balaban J connectivity index is 1.75. The Bertz CT molecular complexity index is 878. The molecule has 160 valence electrons.